The first-order valence-electron chi connectivity index (χ1n) is 31.1. The fourth-order valence-electron chi connectivity index (χ4n) is 12.5. The fourth-order valence-corrected chi connectivity index (χ4v) is 26.4. The van der Waals surface area contributed by atoms with Crippen molar-refractivity contribution in [1.82, 2.24) is 16.0 Å². The Labute approximate surface area is 450 Å². The van der Waals surface area contributed by atoms with E-state index >= 15 is 0 Å². The van der Waals surface area contributed by atoms with E-state index in [-0.39, 0.29) is 17.7 Å². The van der Waals surface area contributed by atoms with Gasteiger partial charge in [-0.15, -0.1) is 0 Å². The van der Waals surface area contributed by atoms with Crippen LogP contribution in [0.1, 0.15) is 258 Å². The third-order valence-electron chi connectivity index (χ3n) is 17.4. The van der Waals surface area contributed by atoms with Gasteiger partial charge in [0, 0.05) is 57.2 Å². The van der Waals surface area contributed by atoms with Gasteiger partial charge in [-0.1, -0.05) is 219 Å². The number of carbonyl (C=O) groups is 3. The van der Waals surface area contributed by atoms with Crippen molar-refractivity contribution < 1.29 is 27.7 Å². The summed E-state index contributed by atoms with van der Waals surface area (Å²) in [7, 11) is -5.94. The van der Waals surface area contributed by atoms with Crippen molar-refractivity contribution >= 4 is 42.7 Å². The molecule has 1 fully saturated rings. The molecule has 0 heterocycles. The molecule has 1 aliphatic rings. The number of unbranched alkanes of at least 4 members (excludes halogenated alkanes) is 15. The van der Waals surface area contributed by atoms with E-state index in [0.717, 1.165) is 19.3 Å². The molecule has 3 amide bonds. The highest BCUT2D eigenvalue weighted by Crippen LogP contribution is 2.41. The van der Waals surface area contributed by atoms with Crippen LogP contribution in [-0.4, -0.2) is 82.1 Å². The van der Waals surface area contributed by atoms with Crippen LogP contribution in [0, 0.1) is 17.8 Å². The lowest BCUT2D eigenvalue weighted by molar-refractivity contribution is -0.134. The van der Waals surface area contributed by atoms with E-state index in [1.165, 1.54) is 134 Å². The maximum atomic E-state index is 14.0. The van der Waals surface area contributed by atoms with Gasteiger partial charge in [0.2, 0.25) is 17.7 Å². The van der Waals surface area contributed by atoms with Gasteiger partial charge in [0.05, 0.1) is 0 Å². The van der Waals surface area contributed by atoms with Crippen LogP contribution in [0.4, 0.5) is 0 Å². The lowest BCUT2D eigenvalue weighted by Crippen LogP contribution is -2.46. The first kappa shape index (κ1) is 69.0. The average molecular weight is 1070 g/mol. The molecular formula is C60H123N3O6Si3. The van der Waals surface area contributed by atoms with Crippen molar-refractivity contribution in [3.8, 4) is 0 Å². The molecule has 426 valence electrons. The Kier molecular flexibility index (Phi) is 37.7. The largest absolute Gasteiger partial charge is 0.416 e. The lowest BCUT2D eigenvalue weighted by atomic mass is 9.74. The first-order valence-corrected chi connectivity index (χ1v) is 37.9. The zero-order valence-corrected chi connectivity index (χ0v) is 53.5. The third kappa shape index (κ3) is 24.9. The van der Waals surface area contributed by atoms with E-state index in [2.05, 4.69) is 120 Å². The van der Waals surface area contributed by atoms with Crippen LogP contribution in [0.25, 0.3) is 0 Å². The van der Waals surface area contributed by atoms with Crippen LogP contribution >= 0.6 is 0 Å². The van der Waals surface area contributed by atoms with Crippen molar-refractivity contribution in [2.24, 2.45) is 17.8 Å². The molecule has 0 spiro atoms. The molecule has 72 heavy (non-hydrogen) atoms. The zero-order valence-electron chi connectivity index (χ0n) is 50.5. The molecular weight excluding hydrogens is 943 g/mol. The minimum atomic E-state index is -1.98. The van der Waals surface area contributed by atoms with Gasteiger partial charge in [-0.05, 0) is 89.9 Å². The molecule has 0 aromatic heterocycles. The standard InChI is InChI=1S/C60H123N3O6Si3/c1-16-19-22-25-28-31-43-70(49(4)5,50(6)7)67-40-34-37-61-58(64)55-46-56(59(65)62-38-35-41-68-71(51(8)9,52(10)11)44-32-29-26-23-20-17-2)48-57(47-55)60(66)63-39-36-42-69-72(53(12)13,54(14)15)45-33-30-27-24-21-18-3/h49-57H,16-48H2,1-15H3,(H,61,64)(H,62,65)(H,63,66). The van der Waals surface area contributed by atoms with Gasteiger partial charge in [-0.3, -0.25) is 14.4 Å². The summed E-state index contributed by atoms with van der Waals surface area (Å²) in [6.07, 6.45) is 26.9. The summed E-state index contributed by atoms with van der Waals surface area (Å²) in [6.45, 7) is 38.6. The number of carbonyl (C=O) groups excluding carboxylic acids is 3. The molecule has 0 saturated heterocycles. The van der Waals surface area contributed by atoms with Crippen LogP contribution in [0.3, 0.4) is 0 Å². The van der Waals surface area contributed by atoms with Crippen LogP contribution in [-0.2, 0) is 27.7 Å². The molecule has 9 nitrogen and oxygen atoms in total. The second-order valence-electron chi connectivity index (χ2n) is 24.6. The average Bonchev–Trinajstić information content (AvgIpc) is 3.33. The van der Waals surface area contributed by atoms with E-state index in [4.69, 9.17) is 13.3 Å². The Hall–Kier alpha value is -1.06. The van der Waals surface area contributed by atoms with Gasteiger partial charge in [-0.2, -0.15) is 0 Å². The minimum Gasteiger partial charge on any atom is -0.416 e. The topological polar surface area (TPSA) is 115 Å². The van der Waals surface area contributed by atoms with E-state index in [9.17, 15) is 14.4 Å². The summed E-state index contributed by atoms with van der Waals surface area (Å²) in [5.41, 5.74) is 3.21. The SMILES string of the molecule is CCCCCCCC[Si](OCCCNC(=O)C1CC(C(=O)NCCCO[Si](CCCCCCCC)(C(C)C)C(C)C)CC(C(=O)NCCCO[Si](CCCCCCCC)(C(C)C)C(C)C)C1)(C(C)C)C(C)C. The summed E-state index contributed by atoms with van der Waals surface area (Å²) < 4.78 is 20.8. The van der Waals surface area contributed by atoms with Gasteiger partial charge in [0.1, 0.15) is 0 Å². The predicted octanol–water partition coefficient (Wildman–Crippen LogP) is 17.0. The molecule has 3 N–H and O–H groups in total. The minimum absolute atomic E-state index is 0.0431. The smallest absolute Gasteiger partial charge is 0.223 e. The Bertz CT molecular complexity index is 1200. The summed E-state index contributed by atoms with van der Waals surface area (Å²) in [5.74, 6) is -1.33. The van der Waals surface area contributed by atoms with Crippen molar-refractivity contribution in [2.75, 3.05) is 39.5 Å². The Balaban J connectivity index is 3.03. The zero-order chi connectivity index (χ0) is 54.0. The second kappa shape index (κ2) is 39.3. The highest BCUT2D eigenvalue weighted by Gasteiger charge is 2.44. The fraction of sp³-hybridized carbons (Fsp3) is 0.950. The summed E-state index contributed by atoms with van der Waals surface area (Å²) in [6, 6.07) is 3.60. The van der Waals surface area contributed by atoms with Gasteiger partial charge >= 0.3 is 0 Å². The van der Waals surface area contributed by atoms with Crippen LogP contribution in [0.15, 0.2) is 0 Å². The van der Waals surface area contributed by atoms with E-state index in [0.29, 0.717) is 92.0 Å². The first-order chi connectivity index (χ1) is 34.3. The van der Waals surface area contributed by atoms with Crippen LogP contribution in [0.5, 0.6) is 0 Å². The van der Waals surface area contributed by atoms with Crippen molar-refractivity contribution in [3.63, 3.8) is 0 Å². The molecule has 0 atom stereocenters. The van der Waals surface area contributed by atoms with Gasteiger partial charge in [0.25, 0.3) is 0 Å². The third-order valence-corrected chi connectivity index (χ3v) is 34.8. The van der Waals surface area contributed by atoms with Crippen LogP contribution in [0.2, 0.25) is 51.4 Å². The quantitative estimate of drug-likeness (QED) is 0.0413. The monoisotopic (exact) mass is 1070 g/mol. The Morgan fingerprint density at radius 3 is 0.764 bits per heavy atom. The summed E-state index contributed by atoms with van der Waals surface area (Å²) in [5, 5.41) is 9.70. The van der Waals surface area contributed by atoms with Gasteiger partial charge in [-0.25, -0.2) is 0 Å². The van der Waals surface area contributed by atoms with Crippen molar-refractivity contribution in [2.45, 2.75) is 309 Å². The molecule has 1 rings (SSSR count). The molecule has 1 aliphatic carbocycles. The molecule has 12 heteroatoms. The maximum Gasteiger partial charge on any atom is 0.223 e. The normalized spacial score (nSPS) is 17.0. The molecule has 0 unspecified atom stereocenters. The molecule has 0 bridgehead atoms. The molecule has 0 aliphatic heterocycles. The lowest BCUT2D eigenvalue weighted by Gasteiger charge is -2.39. The molecule has 0 aromatic carbocycles. The highest BCUT2D eigenvalue weighted by molar-refractivity contribution is 6.77. The Morgan fingerprint density at radius 2 is 0.556 bits per heavy atom. The highest BCUT2D eigenvalue weighted by atomic mass is 28.4. The summed E-state index contributed by atoms with van der Waals surface area (Å²) in [4.78, 5) is 42.0. The molecule has 1 saturated carbocycles. The molecule has 0 radical (unpaired) electrons. The van der Waals surface area contributed by atoms with E-state index < -0.39 is 42.7 Å². The second-order valence-corrected chi connectivity index (χ2v) is 39.6. The van der Waals surface area contributed by atoms with Crippen LogP contribution < -0.4 is 16.0 Å². The number of amides is 3. The number of rotatable bonds is 45. The Morgan fingerprint density at radius 1 is 0.347 bits per heavy atom. The maximum absolute atomic E-state index is 14.0. The van der Waals surface area contributed by atoms with E-state index in [1.807, 2.05) is 0 Å². The number of hydrogen-bond acceptors (Lipinski definition) is 6. The number of hydrogen-bond donors (Lipinski definition) is 3. The van der Waals surface area contributed by atoms with Gasteiger partial charge in [0.15, 0.2) is 25.0 Å². The summed E-state index contributed by atoms with van der Waals surface area (Å²) >= 11 is 0. The van der Waals surface area contributed by atoms with Gasteiger partial charge < -0.3 is 29.2 Å². The van der Waals surface area contributed by atoms with Crippen molar-refractivity contribution in [1.29, 1.82) is 0 Å². The molecule has 0 aromatic rings. The van der Waals surface area contributed by atoms with E-state index in [1.54, 1.807) is 0 Å². The van der Waals surface area contributed by atoms with Crippen molar-refractivity contribution in [3.05, 3.63) is 0 Å². The number of nitrogens with one attached hydrogen (secondary N) is 3. The predicted molar refractivity (Wildman–Crippen MR) is 317 cm³/mol.